The fourth-order valence-corrected chi connectivity index (χ4v) is 4.91. The molecule has 23 heavy (non-hydrogen) atoms. The fourth-order valence-electron chi connectivity index (χ4n) is 4.91. The van der Waals surface area contributed by atoms with Crippen LogP contribution in [0, 0.1) is 22.7 Å². The molecule has 0 aromatic carbocycles. The molecule has 0 heterocycles. The van der Waals surface area contributed by atoms with Crippen LogP contribution in [-0.2, 0) is 9.59 Å². The van der Waals surface area contributed by atoms with Crippen LogP contribution in [0.1, 0.15) is 52.9 Å². The smallest absolute Gasteiger partial charge is 0.309 e. The van der Waals surface area contributed by atoms with Crippen LogP contribution < -0.4 is 0 Å². The van der Waals surface area contributed by atoms with Gasteiger partial charge in [-0.1, -0.05) is 37.6 Å². The van der Waals surface area contributed by atoms with Gasteiger partial charge in [0.05, 0.1) is 5.41 Å². The summed E-state index contributed by atoms with van der Waals surface area (Å²) in [6, 6.07) is 0. The molecule has 0 amide bonds. The van der Waals surface area contributed by atoms with Crippen LogP contribution in [0.2, 0.25) is 0 Å². The lowest BCUT2D eigenvalue weighted by atomic mass is 9.47. The fraction of sp³-hybridized carbons (Fsp3) is 0.600. The number of hydrogen-bond donors (Lipinski definition) is 1. The molecule has 0 aromatic heterocycles. The third-order valence-corrected chi connectivity index (χ3v) is 6.25. The number of aliphatic carboxylic acids is 1. The molecule has 1 N–H and O–H groups in total. The molecule has 3 heteroatoms. The van der Waals surface area contributed by atoms with E-state index in [2.05, 4.69) is 19.6 Å². The van der Waals surface area contributed by atoms with Crippen molar-refractivity contribution in [1.82, 2.24) is 0 Å². The number of allylic oxidation sites excluding steroid dienone is 5. The Bertz CT molecular complexity index is 571. The number of carboxylic acid groups (broad SMARTS) is 1. The van der Waals surface area contributed by atoms with E-state index >= 15 is 0 Å². The van der Waals surface area contributed by atoms with E-state index < -0.39 is 11.4 Å². The average molecular weight is 316 g/mol. The van der Waals surface area contributed by atoms with E-state index in [1.54, 1.807) is 6.08 Å². The van der Waals surface area contributed by atoms with Crippen molar-refractivity contribution in [3.05, 3.63) is 36.0 Å². The average Bonchev–Trinajstić information content (AvgIpc) is 2.46. The second kappa shape index (κ2) is 6.46. The van der Waals surface area contributed by atoms with Gasteiger partial charge in [0.25, 0.3) is 0 Å². The number of carbonyl (C=O) groups excluding carboxylic acids is 1. The zero-order chi connectivity index (χ0) is 17.3. The predicted molar refractivity (Wildman–Crippen MR) is 92.0 cm³/mol. The first kappa shape index (κ1) is 17.7. The van der Waals surface area contributed by atoms with Crippen molar-refractivity contribution in [2.45, 2.75) is 52.9 Å². The lowest BCUT2D eigenvalue weighted by Gasteiger charge is -2.56. The molecule has 0 aliphatic heterocycles. The molecule has 2 aliphatic rings. The Labute approximate surface area is 139 Å². The van der Waals surface area contributed by atoms with E-state index in [9.17, 15) is 14.7 Å². The topological polar surface area (TPSA) is 54.4 Å². The maximum Gasteiger partial charge on any atom is 0.309 e. The first-order chi connectivity index (χ1) is 10.8. The number of hydrogen-bond acceptors (Lipinski definition) is 2. The minimum Gasteiger partial charge on any atom is -0.481 e. The molecule has 0 saturated heterocycles. The maximum absolute atomic E-state index is 11.9. The van der Waals surface area contributed by atoms with Gasteiger partial charge in [-0.3, -0.25) is 9.59 Å². The van der Waals surface area contributed by atoms with Crippen molar-refractivity contribution in [1.29, 1.82) is 0 Å². The van der Waals surface area contributed by atoms with E-state index in [0.29, 0.717) is 0 Å². The van der Waals surface area contributed by atoms with Crippen molar-refractivity contribution < 1.29 is 14.7 Å². The maximum atomic E-state index is 11.9. The van der Waals surface area contributed by atoms with Gasteiger partial charge in [-0.25, -0.2) is 0 Å². The largest absolute Gasteiger partial charge is 0.481 e. The van der Waals surface area contributed by atoms with E-state index in [1.807, 2.05) is 19.9 Å². The highest BCUT2D eigenvalue weighted by atomic mass is 16.4. The molecule has 2 rings (SSSR count). The molecule has 0 radical (unpaired) electrons. The SMILES string of the molecule is C=C1CCC2C(C)(C(=O)O)CCCC2(C)C1C=CC(C)=CC=O. The standard InChI is InChI=1S/C20H28O3/c1-14(10-13-21)6-8-16-15(2)7-9-17-19(16,3)11-5-12-20(17,4)18(22)23/h6,8,10,13,16-17H,2,5,7,9,11-12H2,1,3-4H3,(H,22,23). The van der Waals surface area contributed by atoms with Crippen molar-refractivity contribution >= 4 is 12.3 Å². The summed E-state index contributed by atoms with van der Waals surface area (Å²) in [7, 11) is 0. The summed E-state index contributed by atoms with van der Waals surface area (Å²) in [5.41, 5.74) is 1.38. The van der Waals surface area contributed by atoms with Gasteiger partial charge in [0.2, 0.25) is 0 Å². The summed E-state index contributed by atoms with van der Waals surface area (Å²) >= 11 is 0. The highest BCUT2D eigenvalue weighted by molar-refractivity contribution is 5.75. The summed E-state index contributed by atoms with van der Waals surface area (Å²) in [6.45, 7) is 10.3. The monoisotopic (exact) mass is 316 g/mol. The molecule has 0 aromatic rings. The summed E-state index contributed by atoms with van der Waals surface area (Å²) in [5, 5.41) is 9.80. The Morgan fingerprint density at radius 1 is 1.35 bits per heavy atom. The van der Waals surface area contributed by atoms with Gasteiger partial charge in [-0.2, -0.15) is 0 Å². The first-order valence-electron chi connectivity index (χ1n) is 8.47. The Morgan fingerprint density at radius 3 is 2.65 bits per heavy atom. The second-order valence-corrected chi connectivity index (χ2v) is 7.72. The number of rotatable bonds is 4. The third-order valence-electron chi connectivity index (χ3n) is 6.25. The van der Waals surface area contributed by atoms with Crippen molar-refractivity contribution in [2.75, 3.05) is 0 Å². The second-order valence-electron chi connectivity index (χ2n) is 7.72. The molecule has 2 saturated carbocycles. The molecule has 2 fully saturated rings. The normalized spacial score (nSPS) is 38.4. The number of carbonyl (C=O) groups is 2. The van der Waals surface area contributed by atoms with Crippen LogP contribution >= 0.6 is 0 Å². The molecule has 4 atom stereocenters. The molecular weight excluding hydrogens is 288 g/mol. The van der Waals surface area contributed by atoms with E-state index in [4.69, 9.17) is 0 Å². The molecule has 0 spiro atoms. The third kappa shape index (κ3) is 3.06. The van der Waals surface area contributed by atoms with E-state index in [-0.39, 0.29) is 17.3 Å². The lowest BCUT2D eigenvalue weighted by molar-refractivity contribution is -0.162. The molecule has 0 bridgehead atoms. The van der Waals surface area contributed by atoms with Gasteiger partial charge in [-0.15, -0.1) is 0 Å². The summed E-state index contributed by atoms with van der Waals surface area (Å²) in [6.07, 6.45) is 11.0. The molecule has 3 nitrogen and oxygen atoms in total. The molecule has 126 valence electrons. The molecule has 2 aliphatic carbocycles. The zero-order valence-electron chi connectivity index (χ0n) is 14.5. The van der Waals surface area contributed by atoms with Gasteiger partial charge < -0.3 is 5.11 Å². The van der Waals surface area contributed by atoms with Crippen LogP contribution in [-0.4, -0.2) is 17.4 Å². The minimum absolute atomic E-state index is 0.0708. The Balaban J connectivity index is 2.39. The molecular formula is C20H28O3. The number of aldehydes is 1. The first-order valence-corrected chi connectivity index (χ1v) is 8.47. The number of fused-ring (bicyclic) bond motifs is 1. The van der Waals surface area contributed by atoms with Crippen LogP contribution in [0.15, 0.2) is 36.0 Å². The van der Waals surface area contributed by atoms with Crippen LogP contribution in [0.5, 0.6) is 0 Å². The Morgan fingerprint density at radius 2 is 2.04 bits per heavy atom. The predicted octanol–water partition coefficient (Wildman–Crippen LogP) is 4.55. The Hall–Kier alpha value is -1.64. The lowest BCUT2D eigenvalue weighted by Crippen LogP contribution is -2.53. The van der Waals surface area contributed by atoms with Crippen molar-refractivity contribution in [2.24, 2.45) is 22.7 Å². The van der Waals surface area contributed by atoms with Gasteiger partial charge in [0.1, 0.15) is 6.29 Å². The highest BCUT2D eigenvalue weighted by Crippen LogP contribution is 2.61. The minimum atomic E-state index is -0.666. The highest BCUT2D eigenvalue weighted by Gasteiger charge is 2.56. The van der Waals surface area contributed by atoms with Crippen LogP contribution in [0.25, 0.3) is 0 Å². The summed E-state index contributed by atoms with van der Waals surface area (Å²) in [4.78, 5) is 22.5. The van der Waals surface area contributed by atoms with Crippen molar-refractivity contribution in [3.8, 4) is 0 Å². The summed E-state index contributed by atoms with van der Waals surface area (Å²) < 4.78 is 0. The van der Waals surface area contributed by atoms with E-state index in [0.717, 1.165) is 44.0 Å². The van der Waals surface area contributed by atoms with Gasteiger partial charge >= 0.3 is 5.97 Å². The van der Waals surface area contributed by atoms with Gasteiger partial charge in [0, 0.05) is 5.92 Å². The molecule has 4 unspecified atom stereocenters. The van der Waals surface area contributed by atoms with Gasteiger partial charge in [0.15, 0.2) is 0 Å². The van der Waals surface area contributed by atoms with E-state index in [1.165, 1.54) is 5.57 Å². The van der Waals surface area contributed by atoms with Crippen molar-refractivity contribution in [3.63, 3.8) is 0 Å². The Kier molecular flexibility index (Phi) is 4.98. The van der Waals surface area contributed by atoms with Crippen LogP contribution in [0.3, 0.4) is 0 Å². The van der Waals surface area contributed by atoms with Crippen LogP contribution in [0.4, 0.5) is 0 Å². The quantitative estimate of drug-likeness (QED) is 0.358. The number of carboxylic acids is 1. The zero-order valence-corrected chi connectivity index (χ0v) is 14.5. The summed E-state index contributed by atoms with van der Waals surface area (Å²) in [5.74, 6) is -0.326. The van der Waals surface area contributed by atoms with Gasteiger partial charge in [-0.05, 0) is 62.5 Å².